The lowest BCUT2D eigenvalue weighted by molar-refractivity contribution is 0.0549. The van der Waals surface area contributed by atoms with Crippen molar-refractivity contribution < 1.29 is 14.4 Å². The van der Waals surface area contributed by atoms with Gasteiger partial charge < -0.3 is 14.5 Å². The van der Waals surface area contributed by atoms with Gasteiger partial charge in [-0.15, -0.1) is 0 Å². The Labute approximate surface area is 116 Å². The minimum absolute atomic E-state index is 0.210. The van der Waals surface area contributed by atoms with Crippen LogP contribution in [0.15, 0.2) is 40.9 Å². The largest absolute Gasteiger partial charge is 0.388 e. The first-order chi connectivity index (χ1) is 9.55. The number of β-amino-alcohol motifs (C(OH)–C–C–N with tert-alkyl or cyclic N) is 1. The molecule has 1 aliphatic heterocycles. The van der Waals surface area contributed by atoms with Crippen molar-refractivity contribution in [3.63, 3.8) is 0 Å². The highest BCUT2D eigenvalue weighted by Crippen LogP contribution is 2.24. The highest BCUT2D eigenvalue weighted by Gasteiger charge is 2.35. The monoisotopic (exact) mass is 272 g/mol. The summed E-state index contributed by atoms with van der Waals surface area (Å²) in [5, 5.41) is 13.8. The maximum Gasteiger partial charge on any atom is 0.292 e. The van der Waals surface area contributed by atoms with E-state index in [2.05, 4.69) is 5.16 Å². The molecule has 0 bridgehead atoms. The van der Waals surface area contributed by atoms with Crippen LogP contribution in [0.5, 0.6) is 0 Å². The van der Waals surface area contributed by atoms with E-state index >= 15 is 0 Å². The van der Waals surface area contributed by atoms with E-state index in [4.69, 9.17) is 4.52 Å². The fourth-order valence-corrected chi connectivity index (χ4v) is 2.40. The van der Waals surface area contributed by atoms with Gasteiger partial charge in [0.15, 0.2) is 0 Å². The number of aromatic nitrogens is 1. The van der Waals surface area contributed by atoms with Crippen LogP contribution in [-0.2, 0) is 0 Å². The molecule has 1 fully saturated rings. The minimum Gasteiger partial charge on any atom is -0.388 e. The van der Waals surface area contributed by atoms with Crippen LogP contribution < -0.4 is 0 Å². The van der Waals surface area contributed by atoms with Gasteiger partial charge in [0, 0.05) is 24.7 Å². The van der Waals surface area contributed by atoms with E-state index in [1.165, 1.54) is 0 Å². The van der Waals surface area contributed by atoms with Crippen molar-refractivity contribution in [2.45, 2.75) is 18.9 Å². The van der Waals surface area contributed by atoms with Crippen molar-refractivity contribution in [2.75, 3.05) is 13.1 Å². The number of rotatable bonds is 2. The number of nitrogens with zero attached hydrogens (tertiary/aromatic N) is 2. The standard InChI is InChI=1S/C15H16N2O3/c1-15(19)7-8-17(10-15)14(18)13-9-12(16-20-13)11-5-3-2-4-6-11/h2-6,9,19H,7-8,10H2,1H3. The van der Waals surface area contributed by atoms with E-state index in [9.17, 15) is 9.90 Å². The zero-order valence-electron chi connectivity index (χ0n) is 11.2. The molecule has 1 unspecified atom stereocenters. The number of amides is 1. The first-order valence-corrected chi connectivity index (χ1v) is 6.59. The summed E-state index contributed by atoms with van der Waals surface area (Å²) in [6.45, 7) is 2.59. The van der Waals surface area contributed by atoms with Crippen molar-refractivity contribution in [3.05, 3.63) is 42.2 Å². The van der Waals surface area contributed by atoms with Crippen LogP contribution in [0.4, 0.5) is 0 Å². The van der Waals surface area contributed by atoms with Gasteiger partial charge in [-0.1, -0.05) is 35.5 Å². The molecule has 1 saturated heterocycles. The lowest BCUT2D eigenvalue weighted by atomic mass is 10.1. The number of likely N-dealkylation sites (tertiary alicyclic amines) is 1. The lowest BCUT2D eigenvalue weighted by Gasteiger charge is -2.17. The first kappa shape index (κ1) is 12.9. The molecule has 1 aromatic heterocycles. The number of hydrogen-bond donors (Lipinski definition) is 1. The Morgan fingerprint density at radius 1 is 1.40 bits per heavy atom. The quantitative estimate of drug-likeness (QED) is 0.907. The molecule has 0 saturated carbocycles. The zero-order valence-corrected chi connectivity index (χ0v) is 11.2. The predicted octanol–water partition coefficient (Wildman–Crippen LogP) is 1.94. The Balaban J connectivity index is 1.79. The van der Waals surface area contributed by atoms with Crippen LogP contribution >= 0.6 is 0 Å². The third-order valence-electron chi connectivity index (χ3n) is 3.53. The van der Waals surface area contributed by atoms with E-state index in [-0.39, 0.29) is 11.7 Å². The van der Waals surface area contributed by atoms with Gasteiger partial charge in [0.25, 0.3) is 5.91 Å². The summed E-state index contributed by atoms with van der Waals surface area (Å²) in [6.07, 6.45) is 0.582. The molecule has 1 N–H and O–H groups in total. The van der Waals surface area contributed by atoms with Crippen LogP contribution in [0.2, 0.25) is 0 Å². The second kappa shape index (κ2) is 4.76. The van der Waals surface area contributed by atoms with Crippen LogP contribution in [0.1, 0.15) is 23.9 Å². The maximum absolute atomic E-state index is 12.3. The fourth-order valence-electron chi connectivity index (χ4n) is 2.40. The average molecular weight is 272 g/mol. The van der Waals surface area contributed by atoms with E-state index in [1.807, 2.05) is 30.3 Å². The summed E-state index contributed by atoms with van der Waals surface area (Å²) >= 11 is 0. The van der Waals surface area contributed by atoms with Crippen LogP contribution in [0.25, 0.3) is 11.3 Å². The molecule has 20 heavy (non-hydrogen) atoms. The molecular weight excluding hydrogens is 256 g/mol. The maximum atomic E-state index is 12.3. The molecule has 3 rings (SSSR count). The molecule has 0 spiro atoms. The smallest absolute Gasteiger partial charge is 0.292 e. The van der Waals surface area contributed by atoms with E-state index < -0.39 is 5.60 Å². The van der Waals surface area contributed by atoms with E-state index in [0.717, 1.165) is 5.56 Å². The second-order valence-corrected chi connectivity index (χ2v) is 5.42. The number of aliphatic hydroxyl groups is 1. The SMILES string of the molecule is CC1(O)CCN(C(=O)c2cc(-c3ccccc3)no2)C1. The summed E-state index contributed by atoms with van der Waals surface area (Å²) in [5.74, 6) is -0.0148. The van der Waals surface area contributed by atoms with Crippen molar-refractivity contribution in [1.82, 2.24) is 10.1 Å². The topological polar surface area (TPSA) is 66.6 Å². The molecular formula is C15H16N2O3. The summed E-state index contributed by atoms with van der Waals surface area (Å²) in [7, 11) is 0. The first-order valence-electron chi connectivity index (χ1n) is 6.59. The summed E-state index contributed by atoms with van der Waals surface area (Å²) in [6, 6.07) is 11.2. The molecule has 1 amide bonds. The number of carbonyl (C=O) groups excluding carboxylic acids is 1. The normalized spacial score (nSPS) is 22.2. The molecule has 1 aliphatic rings. The molecule has 1 atom stereocenters. The number of benzene rings is 1. The van der Waals surface area contributed by atoms with Crippen molar-refractivity contribution in [1.29, 1.82) is 0 Å². The molecule has 0 radical (unpaired) electrons. The third kappa shape index (κ3) is 2.44. The Morgan fingerprint density at radius 2 is 2.15 bits per heavy atom. The minimum atomic E-state index is -0.808. The lowest BCUT2D eigenvalue weighted by Crippen LogP contribution is -2.33. The highest BCUT2D eigenvalue weighted by atomic mass is 16.5. The molecule has 2 aromatic rings. The van der Waals surface area contributed by atoms with Gasteiger partial charge in [0.2, 0.25) is 5.76 Å². The Hall–Kier alpha value is -2.14. The molecule has 5 heteroatoms. The molecule has 104 valence electrons. The highest BCUT2D eigenvalue weighted by molar-refractivity contribution is 5.92. The van der Waals surface area contributed by atoms with Gasteiger partial charge >= 0.3 is 0 Å². The van der Waals surface area contributed by atoms with Crippen LogP contribution in [0, 0.1) is 0 Å². The third-order valence-corrected chi connectivity index (χ3v) is 3.53. The van der Waals surface area contributed by atoms with Crippen LogP contribution in [-0.4, -0.2) is 39.8 Å². The summed E-state index contributed by atoms with van der Waals surface area (Å²) in [5.41, 5.74) is 0.737. The molecule has 2 heterocycles. The summed E-state index contributed by atoms with van der Waals surface area (Å²) in [4.78, 5) is 13.9. The van der Waals surface area contributed by atoms with Crippen molar-refractivity contribution in [3.8, 4) is 11.3 Å². The van der Waals surface area contributed by atoms with Gasteiger partial charge in [0.05, 0.1) is 5.60 Å². The van der Waals surface area contributed by atoms with Crippen molar-refractivity contribution in [2.24, 2.45) is 0 Å². The molecule has 0 aliphatic carbocycles. The number of hydrogen-bond acceptors (Lipinski definition) is 4. The fraction of sp³-hybridized carbons (Fsp3) is 0.333. The number of carbonyl (C=O) groups is 1. The Kier molecular flexibility index (Phi) is 3.06. The van der Waals surface area contributed by atoms with Gasteiger partial charge in [0.1, 0.15) is 5.69 Å². The Bertz CT molecular complexity index is 619. The van der Waals surface area contributed by atoms with Gasteiger partial charge in [-0.25, -0.2) is 0 Å². The summed E-state index contributed by atoms with van der Waals surface area (Å²) < 4.78 is 5.14. The van der Waals surface area contributed by atoms with Gasteiger partial charge in [-0.3, -0.25) is 4.79 Å². The van der Waals surface area contributed by atoms with E-state index in [1.54, 1.807) is 17.9 Å². The van der Waals surface area contributed by atoms with E-state index in [0.29, 0.717) is 25.2 Å². The second-order valence-electron chi connectivity index (χ2n) is 5.42. The zero-order chi connectivity index (χ0) is 14.2. The molecule has 1 aromatic carbocycles. The van der Waals surface area contributed by atoms with Gasteiger partial charge in [-0.2, -0.15) is 0 Å². The predicted molar refractivity (Wildman–Crippen MR) is 73.1 cm³/mol. The van der Waals surface area contributed by atoms with Crippen molar-refractivity contribution >= 4 is 5.91 Å². The van der Waals surface area contributed by atoms with Gasteiger partial charge in [-0.05, 0) is 13.3 Å². The Morgan fingerprint density at radius 3 is 2.80 bits per heavy atom. The average Bonchev–Trinajstić information content (AvgIpc) is 3.05. The van der Waals surface area contributed by atoms with Crippen LogP contribution in [0.3, 0.4) is 0 Å². The molecule has 5 nitrogen and oxygen atoms in total.